The third-order valence-electron chi connectivity index (χ3n) is 5.88. The van der Waals surface area contributed by atoms with E-state index >= 15 is 0 Å². The molecule has 4 rings (SSSR count). The zero-order valence-electron chi connectivity index (χ0n) is 17.2. The average Bonchev–Trinajstić information content (AvgIpc) is 2.75. The minimum Gasteiger partial charge on any atom is -0.310 e. The number of nitrogens with one attached hydrogen (secondary N) is 1. The molecule has 2 heterocycles. The Kier molecular flexibility index (Phi) is 6.83. The van der Waals surface area contributed by atoms with Gasteiger partial charge >= 0.3 is 5.69 Å². The van der Waals surface area contributed by atoms with Crippen LogP contribution < -0.4 is 11.2 Å². The molecule has 162 valence electrons. The van der Waals surface area contributed by atoms with Crippen molar-refractivity contribution in [1.82, 2.24) is 14.5 Å². The number of aromatic amines is 1. The summed E-state index contributed by atoms with van der Waals surface area (Å²) >= 11 is 3.51. The van der Waals surface area contributed by atoms with Gasteiger partial charge < -0.3 is 4.98 Å². The van der Waals surface area contributed by atoms with Crippen LogP contribution in [0.25, 0.3) is 0 Å². The summed E-state index contributed by atoms with van der Waals surface area (Å²) < 4.78 is 15.7. The Morgan fingerprint density at radius 3 is 2.45 bits per heavy atom. The van der Waals surface area contributed by atoms with Crippen LogP contribution in [-0.4, -0.2) is 27.5 Å². The molecule has 2 aromatic carbocycles. The summed E-state index contributed by atoms with van der Waals surface area (Å²) in [5.74, 6) is 0.286. The van der Waals surface area contributed by atoms with Crippen molar-refractivity contribution in [3.05, 3.63) is 103 Å². The van der Waals surface area contributed by atoms with Crippen LogP contribution in [0.4, 0.5) is 4.39 Å². The molecule has 1 aromatic heterocycles. The van der Waals surface area contributed by atoms with E-state index in [1.165, 1.54) is 16.7 Å². The maximum Gasteiger partial charge on any atom is 0.328 e. The second kappa shape index (κ2) is 9.75. The molecule has 0 radical (unpaired) electrons. The van der Waals surface area contributed by atoms with E-state index < -0.39 is 0 Å². The van der Waals surface area contributed by atoms with Crippen LogP contribution in [0.3, 0.4) is 0 Å². The van der Waals surface area contributed by atoms with E-state index in [2.05, 4.69) is 25.8 Å². The molecule has 5 nitrogen and oxygen atoms in total. The topological polar surface area (TPSA) is 58.1 Å². The smallest absolute Gasteiger partial charge is 0.310 e. The second-order valence-electron chi connectivity index (χ2n) is 8.17. The van der Waals surface area contributed by atoms with Gasteiger partial charge in [-0.05, 0) is 67.6 Å². The fraction of sp³-hybridized carbons (Fsp3) is 0.333. The molecule has 1 N–H and O–H groups in total. The summed E-state index contributed by atoms with van der Waals surface area (Å²) in [5.41, 5.74) is 1.90. The summed E-state index contributed by atoms with van der Waals surface area (Å²) in [4.78, 5) is 30.1. The molecule has 0 saturated carbocycles. The first-order valence-electron chi connectivity index (χ1n) is 10.5. The zero-order chi connectivity index (χ0) is 21.8. The molecule has 1 fully saturated rings. The van der Waals surface area contributed by atoms with Gasteiger partial charge in [0.05, 0.1) is 6.54 Å². The van der Waals surface area contributed by atoms with Crippen LogP contribution in [0.1, 0.15) is 29.7 Å². The molecule has 3 aromatic rings. The fourth-order valence-electron chi connectivity index (χ4n) is 4.17. The van der Waals surface area contributed by atoms with Crippen molar-refractivity contribution >= 4 is 15.9 Å². The average molecular weight is 486 g/mol. The van der Waals surface area contributed by atoms with Gasteiger partial charge in [-0.15, -0.1) is 0 Å². The summed E-state index contributed by atoms with van der Waals surface area (Å²) in [6.45, 7) is 2.57. The van der Waals surface area contributed by atoms with E-state index in [0.717, 1.165) is 48.0 Å². The Balaban J connectivity index is 1.36. The molecule has 0 amide bonds. The summed E-state index contributed by atoms with van der Waals surface area (Å²) in [7, 11) is 0. The van der Waals surface area contributed by atoms with Crippen molar-refractivity contribution in [2.75, 3.05) is 13.1 Å². The first-order chi connectivity index (χ1) is 15.0. The Labute approximate surface area is 188 Å². The second-order valence-corrected chi connectivity index (χ2v) is 9.02. The standard InChI is InChI=1S/C24H25BrFN3O2/c25-22-7-6-20(26)13-19(22)12-17-8-10-28(11-9-17)16-21-14-23(30)29(24(31)27-21)15-18-4-2-1-3-5-18/h1-7,13-14,17H,8-12,15-16H2,(H,27,31). The fourth-order valence-corrected chi connectivity index (χ4v) is 4.58. The van der Waals surface area contributed by atoms with E-state index in [4.69, 9.17) is 0 Å². The highest BCUT2D eigenvalue weighted by molar-refractivity contribution is 9.10. The van der Waals surface area contributed by atoms with E-state index in [0.29, 0.717) is 18.2 Å². The molecule has 0 atom stereocenters. The predicted molar refractivity (Wildman–Crippen MR) is 123 cm³/mol. The zero-order valence-corrected chi connectivity index (χ0v) is 18.8. The molecule has 0 bridgehead atoms. The van der Waals surface area contributed by atoms with Gasteiger partial charge in [0.1, 0.15) is 5.82 Å². The lowest BCUT2D eigenvalue weighted by atomic mass is 9.90. The molecule has 0 aliphatic carbocycles. The van der Waals surface area contributed by atoms with Gasteiger partial charge in [0.25, 0.3) is 5.56 Å². The minimum absolute atomic E-state index is 0.207. The summed E-state index contributed by atoms with van der Waals surface area (Å²) in [6, 6.07) is 15.8. The van der Waals surface area contributed by atoms with E-state index in [-0.39, 0.29) is 23.6 Å². The SMILES string of the molecule is O=c1cc(CN2CCC(Cc3cc(F)ccc3Br)CC2)[nH]c(=O)n1Cc1ccccc1. The van der Waals surface area contributed by atoms with Crippen LogP contribution >= 0.6 is 15.9 Å². The molecular weight excluding hydrogens is 461 g/mol. The number of likely N-dealkylation sites (tertiary alicyclic amines) is 1. The first kappa shape index (κ1) is 21.7. The Morgan fingerprint density at radius 1 is 1.00 bits per heavy atom. The third kappa shape index (κ3) is 5.60. The minimum atomic E-state index is -0.378. The maximum atomic E-state index is 13.5. The monoisotopic (exact) mass is 485 g/mol. The van der Waals surface area contributed by atoms with E-state index in [1.54, 1.807) is 12.1 Å². The molecule has 0 spiro atoms. The molecule has 1 aliphatic heterocycles. The largest absolute Gasteiger partial charge is 0.328 e. The first-order valence-corrected chi connectivity index (χ1v) is 11.3. The van der Waals surface area contributed by atoms with Crippen molar-refractivity contribution in [3.63, 3.8) is 0 Å². The number of piperidine rings is 1. The predicted octanol–water partition coefficient (Wildman–Crippen LogP) is 3.94. The molecule has 7 heteroatoms. The van der Waals surface area contributed by atoms with E-state index in [9.17, 15) is 14.0 Å². The highest BCUT2D eigenvalue weighted by atomic mass is 79.9. The molecule has 1 aliphatic rings. The molecule has 1 saturated heterocycles. The van der Waals surface area contributed by atoms with Gasteiger partial charge in [-0.2, -0.15) is 0 Å². The van der Waals surface area contributed by atoms with Crippen molar-refractivity contribution in [1.29, 1.82) is 0 Å². The Morgan fingerprint density at radius 2 is 1.74 bits per heavy atom. The highest BCUT2D eigenvalue weighted by Gasteiger charge is 2.21. The lowest BCUT2D eigenvalue weighted by Gasteiger charge is -2.32. The lowest BCUT2D eigenvalue weighted by molar-refractivity contribution is 0.175. The maximum absolute atomic E-state index is 13.5. The summed E-state index contributed by atoms with van der Waals surface area (Å²) in [5, 5.41) is 0. The molecule has 0 unspecified atom stereocenters. The van der Waals surface area contributed by atoms with Crippen molar-refractivity contribution in [3.8, 4) is 0 Å². The van der Waals surface area contributed by atoms with Gasteiger partial charge in [-0.3, -0.25) is 14.3 Å². The normalized spacial score (nSPS) is 15.3. The van der Waals surface area contributed by atoms with Crippen molar-refractivity contribution in [2.45, 2.75) is 32.4 Å². The number of benzene rings is 2. The number of H-pyrrole nitrogens is 1. The van der Waals surface area contributed by atoms with Gasteiger partial charge in [0.2, 0.25) is 0 Å². The van der Waals surface area contributed by atoms with Gasteiger partial charge in [-0.25, -0.2) is 9.18 Å². The van der Waals surface area contributed by atoms with Gasteiger partial charge in [0.15, 0.2) is 0 Å². The van der Waals surface area contributed by atoms with Crippen LogP contribution in [-0.2, 0) is 19.5 Å². The summed E-state index contributed by atoms with van der Waals surface area (Å²) in [6.07, 6.45) is 2.84. The molecular formula is C24H25BrFN3O2. The number of aromatic nitrogens is 2. The Bertz CT molecular complexity index is 1120. The third-order valence-corrected chi connectivity index (χ3v) is 6.65. The van der Waals surface area contributed by atoms with Crippen molar-refractivity contribution < 1.29 is 4.39 Å². The van der Waals surface area contributed by atoms with Crippen LogP contribution in [0.15, 0.2) is 68.7 Å². The van der Waals surface area contributed by atoms with Crippen LogP contribution in [0.5, 0.6) is 0 Å². The number of halogens is 2. The van der Waals surface area contributed by atoms with Gasteiger partial charge in [-0.1, -0.05) is 46.3 Å². The number of hydrogen-bond donors (Lipinski definition) is 1. The molecule has 31 heavy (non-hydrogen) atoms. The van der Waals surface area contributed by atoms with Crippen LogP contribution in [0, 0.1) is 11.7 Å². The lowest BCUT2D eigenvalue weighted by Crippen LogP contribution is -2.38. The highest BCUT2D eigenvalue weighted by Crippen LogP contribution is 2.26. The van der Waals surface area contributed by atoms with Crippen LogP contribution in [0.2, 0.25) is 0 Å². The van der Waals surface area contributed by atoms with Gasteiger partial charge in [0, 0.05) is 22.8 Å². The Hall–Kier alpha value is -2.51. The van der Waals surface area contributed by atoms with E-state index in [1.807, 2.05) is 30.3 Å². The quantitative estimate of drug-likeness (QED) is 0.575. The van der Waals surface area contributed by atoms with Crippen molar-refractivity contribution in [2.24, 2.45) is 5.92 Å². The number of rotatable bonds is 6. The number of nitrogens with zero attached hydrogens (tertiary/aromatic N) is 2. The number of hydrogen-bond acceptors (Lipinski definition) is 3.